The topological polar surface area (TPSA) is 61.3 Å². The van der Waals surface area contributed by atoms with Crippen LogP contribution in [0.15, 0.2) is 11.6 Å². The van der Waals surface area contributed by atoms with Crippen LogP contribution in [-0.4, -0.2) is 14.5 Å². The van der Waals surface area contributed by atoms with Crippen LogP contribution in [0.4, 0.5) is 0 Å². The fourth-order valence-corrected chi connectivity index (χ4v) is 1.79. The first-order valence-electron chi connectivity index (χ1n) is 3.32. The molecule has 0 spiro atoms. The highest BCUT2D eigenvalue weighted by molar-refractivity contribution is 7.15. The summed E-state index contributed by atoms with van der Waals surface area (Å²) in [7, 11) is 0. The molecule has 0 aliphatic rings. The van der Waals surface area contributed by atoms with Crippen LogP contribution in [-0.2, 0) is 6.61 Å². The highest BCUT2D eigenvalue weighted by atomic mass is 32.1. The van der Waals surface area contributed by atoms with Gasteiger partial charge in [-0.3, -0.25) is 4.40 Å². The molecular formula is C7H5N3OS. The van der Waals surface area contributed by atoms with Crippen LogP contribution in [0.3, 0.4) is 0 Å². The van der Waals surface area contributed by atoms with Crippen molar-refractivity contribution in [3.8, 4) is 6.07 Å². The predicted molar refractivity (Wildman–Crippen MR) is 43.7 cm³/mol. The fraction of sp³-hybridized carbons (Fsp3) is 0.143. The average molecular weight is 179 g/mol. The summed E-state index contributed by atoms with van der Waals surface area (Å²) in [4.78, 5) is 4.82. The zero-order valence-electron chi connectivity index (χ0n) is 6.06. The van der Waals surface area contributed by atoms with Gasteiger partial charge in [0.2, 0.25) is 0 Å². The number of hydrogen-bond donors (Lipinski definition) is 1. The Kier molecular flexibility index (Phi) is 1.57. The van der Waals surface area contributed by atoms with E-state index in [-0.39, 0.29) is 6.61 Å². The van der Waals surface area contributed by atoms with Crippen molar-refractivity contribution in [1.82, 2.24) is 9.38 Å². The molecule has 0 aromatic carbocycles. The van der Waals surface area contributed by atoms with E-state index in [2.05, 4.69) is 4.98 Å². The lowest BCUT2D eigenvalue weighted by molar-refractivity contribution is 0.277. The maximum absolute atomic E-state index is 8.85. The molecule has 4 nitrogen and oxygen atoms in total. The molecule has 0 amide bonds. The van der Waals surface area contributed by atoms with Crippen LogP contribution in [0.5, 0.6) is 0 Å². The normalized spacial score (nSPS) is 10.3. The Labute approximate surface area is 72.3 Å². The van der Waals surface area contributed by atoms with Gasteiger partial charge in [0.1, 0.15) is 11.8 Å². The van der Waals surface area contributed by atoms with Crippen LogP contribution in [0.2, 0.25) is 0 Å². The number of hydrogen-bond acceptors (Lipinski definition) is 4. The minimum absolute atomic E-state index is 0.183. The smallest absolute Gasteiger partial charge is 0.195 e. The Bertz CT molecular complexity index is 451. The van der Waals surface area contributed by atoms with Gasteiger partial charge in [0.25, 0.3) is 0 Å². The highest BCUT2D eigenvalue weighted by Crippen LogP contribution is 2.16. The molecule has 0 saturated carbocycles. The van der Waals surface area contributed by atoms with E-state index < -0.39 is 0 Å². The summed E-state index contributed by atoms with van der Waals surface area (Å²) < 4.78 is 1.68. The minimum Gasteiger partial charge on any atom is -0.390 e. The number of aliphatic hydroxyl groups excluding tert-OH is 1. The molecule has 60 valence electrons. The van der Waals surface area contributed by atoms with E-state index in [0.29, 0.717) is 11.4 Å². The Morgan fingerprint density at radius 2 is 2.58 bits per heavy atom. The van der Waals surface area contributed by atoms with E-state index in [4.69, 9.17) is 10.4 Å². The van der Waals surface area contributed by atoms with Crippen LogP contribution >= 0.6 is 11.3 Å². The molecule has 2 rings (SSSR count). The van der Waals surface area contributed by atoms with Gasteiger partial charge in [0.15, 0.2) is 10.7 Å². The van der Waals surface area contributed by atoms with Gasteiger partial charge < -0.3 is 5.11 Å². The molecule has 0 atom stereocenters. The highest BCUT2D eigenvalue weighted by Gasteiger charge is 2.10. The second-order valence-electron chi connectivity index (χ2n) is 2.23. The lowest BCUT2D eigenvalue weighted by Gasteiger charge is -1.87. The molecule has 2 aromatic heterocycles. The molecule has 0 bridgehead atoms. The van der Waals surface area contributed by atoms with Crippen LogP contribution in [0.1, 0.15) is 11.4 Å². The summed E-state index contributed by atoms with van der Waals surface area (Å²) in [5.41, 5.74) is 0.873. The molecule has 0 radical (unpaired) electrons. The Morgan fingerprint density at radius 1 is 1.75 bits per heavy atom. The van der Waals surface area contributed by atoms with E-state index in [1.54, 1.807) is 10.6 Å². The van der Waals surface area contributed by atoms with Crippen molar-refractivity contribution >= 4 is 16.3 Å². The molecule has 1 N–H and O–H groups in total. The zero-order chi connectivity index (χ0) is 8.55. The van der Waals surface area contributed by atoms with E-state index in [9.17, 15) is 0 Å². The summed E-state index contributed by atoms with van der Waals surface area (Å²) in [6, 6.07) is 2.00. The van der Waals surface area contributed by atoms with E-state index in [1.807, 2.05) is 11.4 Å². The lowest BCUT2D eigenvalue weighted by Crippen LogP contribution is -1.89. The second kappa shape index (κ2) is 2.59. The molecule has 2 aromatic rings. The van der Waals surface area contributed by atoms with Crippen molar-refractivity contribution in [3.63, 3.8) is 0 Å². The number of fused-ring (bicyclic) bond motifs is 1. The van der Waals surface area contributed by atoms with Gasteiger partial charge in [-0.25, -0.2) is 4.98 Å². The quantitative estimate of drug-likeness (QED) is 0.703. The van der Waals surface area contributed by atoms with E-state index in [0.717, 1.165) is 4.96 Å². The third-order valence-electron chi connectivity index (χ3n) is 1.59. The van der Waals surface area contributed by atoms with Gasteiger partial charge in [-0.2, -0.15) is 5.26 Å². The number of thiazole rings is 1. The molecule has 0 aliphatic carbocycles. The Hall–Kier alpha value is -1.38. The van der Waals surface area contributed by atoms with Gasteiger partial charge in [0.05, 0.1) is 6.61 Å². The van der Waals surface area contributed by atoms with Crippen molar-refractivity contribution in [2.75, 3.05) is 0 Å². The number of rotatable bonds is 1. The maximum Gasteiger partial charge on any atom is 0.195 e. The van der Waals surface area contributed by atoms with Crippen LogP contribution in [0.25, 0.3) is 4.96 Å². The fourth-order valence-electron chi connectivity index (χ4n) is 1.06. The first kappa shape index (κ1) is 7.28. The second-order valence-corrected chi connectivity index (χ2v) is 3.11. The van der Waals surface area contributed by atoms with Crippen LogP contribution in [0, 0.1) is 11.3 Å². The predicted octanol–water partition coefficient (Wildman–Crippen LogP) is 0.760. The van der Waals surface area contributed by atoms with Crippen molar-refractivity contribution in [1.29, 1.82) is 5.26 Å². The first-order chi connectivity index (χ1) is 5.86. The Balaban J connectivity index is 2.81. The van der Waals surface area contributed by atoms with E-state index in [1.165, 1.54) is 11.3 Å². The summed E-state index contributed by atoms with van der Waals surface area (Å²) in [6.45, 7) is -0.183. The summed E-state index contributed by atoms with van der Waals surface area (Å²) in [6.07, 6.45) is 1.77. The molecular weight excluding hydrogens is 174 g/mol. The first-order valence-corrected chi connectivity index (χ1v) is 4.20. The van der Waals surface area contributed by atoms with Crippen LogP contribution < -0.4 is 0 Å². The number of nitriles is 1. The summed E-state index contributed by atoms with van der Waals surface area (Å²) >= 11 is 1.44. The largest absolute Gasteiger partial charge is 0.390 e. The average Bonchev–Trinajstić information content (AvgIpc) is 2.61. The molecule has 0 fully saturated rings. The van der Waals surface area contributed by atoms with Crippen molar-refractivity contribution in [2.45, 2.75) is 6.61 Å². The van der Waals surface area contributed by atoms with Crippen molar-refractivity contribution in [2.24, 2.45) is 0 Å². The molecule has 0 aliphatic heterocycles. The Morgan fingerprint density at radius 3 is 3.25 bits per heavy atom. The summed E-state index contributed by atoms with van der Waals surface area (Å²) in [5, 5.41) is 19.4. The van der Waals surface area contributed by atoms with Gasteiger partial charge in [-0.05, 0) is 0 Å². The van der Waals surface area contributed by atoms with Gasteiger partial charge >= 0.3 is 0 Å². The third kappa shape index (κ3) is 0.826. The third-order valence-corrected chi connectivity index (χ3v) is 2.35. The molecule has 2 heterocycles. The molecule has 12 heavy (non-hydrogen) atoms. The monoisotopic (exact) mass is 179 g/mol. The SMILES string of the molecule is N#Cc1c(CO)nc2sccn12. The van der Waals surface area contributed by atoms with Gasteiger partial charge in [-0.15, -0.1) is 11.3 Å². The maximum atomic E-state index is 8.85. The van der Waals surface area contributed by atoms with Gasteiger partial charge in [0, 0.05) is 11.6 Å². The molecule has 0 saturated heterocycles. The number of aromatic nitrogens is 2. The minimum atomic E-state index is -0.183. The number of nitrogens with zero attached hydrogens (tertiary/aromatic N) is 3. The zero-order valence-corrected chi connectivity index (χ0v) is 6.88. The van der Waals surface area contributed by atoms with Crippen molar-refractivity contribution < 1.29 is 5.11 Å². The summed E-state index contributed by atoms with van der Waals surface area (Å²) in [5.74, 6) is 0. The standard InChI is InChI=1S/C7H5N3OS/c8-3-6-5(4-11)9-7-10(6)1-2-12-7/h1-2,11H,4H2. The number of imidazole rings is 1. The molecule has 0 unspecified atom stereocenters. The van der Waals surface area contributed by atoms with Crippen molar-refractivity contribution in [3.05, 3.63) is 23.0 Å². The van der Waals surface area contributed by atoms with E-state index >= 15 is 0 Å². The van der Waals surface area contributed by atoms with Gasteiger partial charge in [-0.1, -0.05) is 0 Å². The number of aliphatic hydroxyl groups is 1. The lowest BCUT2D eigenvalue weighted by atomic mass is 10.3. The molecule has 5 heteroatoms.